The largest absolute Gasteiger partial charge is 0.469 e. The molecule has 0 radical (unpaired) electrons. The van der Waals surface area contributed by atoms with Crippen LogP contribution in [0.4, 0.5) is 0 Å². The van der Waals surface area contributed by atoms with Gasteiger partial charge < -0.3 is 15.1 Å². The lowest BCUT2D eigenvalue weighted by molar-refractivity contribution is 0.524. The number of nitrogens with one attached hydrogen (secondary N) is 2. The summed E-state index contributed by atoms with van der Waals surface area (Å²) in [5.41, 5.74) is 1.27. The van der Waals surface area contributed by atoms with Crippen LogP contribution in [-0.2, 0) is 6.54 Å². The van der Waals surface area contributed by atoms with Crippen LogP contribution in [-0.4, -0.2) is 19.1 Å². The Hall–Kier alpha value is -0.800. The van der Waals surface area contributed by atoms with E-state index >= 15 is 0 Å². The topological polar surface area (TPSA) is 37.2 Å². The van der Waals surface area contributed by atoms with E-state index < -0.39 is 0 Å². The summed E-state index contributed by atoms with van der Waals surface area (Å²) < 4.78 is 5.23. The second kappa shape index (κ2) is 5.33. The fourth-order valence-electron chi connectivity index (χ4n) is 1.62. The first-order valence-electron chi connectivity index (χ1n) is 5.83. The Kier molecular flexibility index (Phi) is 3.80. The zero-order valence-corrected chi connectivity index (χ0v) is 9.38. The van der Waals surface area contributed by atoms with Gasteiger partial charge in [-0.1, -0.05) is 0 Å². The van der Waals surface area contributed by atoms with Crippen LogP contribution in [0.5, 0.6) is 0 Å². The average Bonchev–Trinajstić information content (AvgIpc) is 2.96. The molecule has 1 aliphatic rings. The van der Waals surface area contributed by atoms with Gasteiger partial charge in [0.2, 0.25) is 0 Å². The van der Waals surface area contributed by atoms with Gasteiger partial charge in [-0.15, -0.1) is 0 Å². The lowest BCUT2D eigenvalue weighted by atomic mass is 10.2. The summed E-state index contributed by atoms with van der Waals surface area (Å²) in [4.78, 5) is 0. The first-order valence-corrected chi connectivity index (χ1v) is 5.83. The van der Waals surface area contributed by atoms with Gasteiger partial charge in [0.05, 0.1) is 6.26 Å². The van der Waals surface area contributed by atoms with E-state index in [2.05, 4.69) is 10.6 Å². The van der Waals surface area contributed by atoms with Crippen LogP contribution in [0.1, 0.15) is 30.6 Å². The third-order valence-corrected chi connectivity index (χ3v) is 2.82. The van der Waals surface area contributed by atoms with Gasteiger partial charge in [-0.2, -0.15) is 0 Å². The third kappa shape index (κ3) is 3.68. The highest BCUT2D eigenvalue weighted by Crippen LogP contribution is 2.18. The lowest BCUT2D eigenvalue weighted by Gasteiger charge is -2.04. The summed E-state index contributed by atoms with van der Waals surface area (Å²) >= 11 is 0. The molecule has 0 atom stereocenters. The normalized spacial score (nSPS) is 15.8. The Labute approximate surface area is 91.2 Å². The maximum atomic E-state index is 5.23. The first kappa shape index (κ1) is 10.7. The van der Waals surface area contributed by atoms with Crippen molar-refractivity contribution < 1.29 is 4.42 Å². The summed E-state index contributed by atoms with van der Waals surface area (Å²) in [6.45, 7) is 5.14. The van der Waals surface area contributed by atoms with Gasteiger partial charge in [0.15, 0.2) is 0 Å². The predicted molar refractivity (Wildman–Crippen MR) is 60.8 cm³/mol. The smallest absolute Gasteiger partial charge is 0.105 e. The van der Waals surface area contributed by atoms with Crippen molar-refractivity contribution in [3.8, 4) is 0 Å². The highest BCUT2D eigenvalue weighted by atomic mass is 16.3. The standard InChI is InChI=1S/C12H20N2O/c1-10-11(5-8-15-10)9-13-6-2-7-14-12-3-4-12/h5,8,12-14H,2-4,6-7,9H2,1H3. The van der Waals surface area contributed by atoms with Crippen molar-refractivity contribution in [1.29, 1.82) is 0 Å². The molecular weight excluding hydrogens is 188 g/mol. The van der Waals surface area contributed by atoms with Crippen LogP contribution in [0, 0.1) is 6.92 Å². The number of hydrogen-bond acceptors (Lipinski definition) is 3. The quantitative estimate of drug-likeness (QED) is 0.671. The van der Waals surface area contributed by atoms with Crippen LogP contribution in [0.2, 0.25) is 0 Å². The molecule has 0 aromatic carbocycles. The number of furan rings is 1. The fourth-order valence-corrected chi connectivity index (χ4v) is 1.62. The highest BCUT2D eigenvalue weighted by molar-refractivity contribution is 5.14. The minimum atomic E-state index is 0.834. The highest BCUT2D eigenvalue weighted by Gasteiger charge is 2.19. The van der Waals surface area contributed by atoms with Gasteiger partial charge in [0.1, 0.15) is 5.76 Å². The molecule has 1 saturated carbocycles. The molecule has 0 unspecified atom stereocenters. The molecule has 1 fully saturated rings. The minimum Gasteiger partial charge on any atom is -0.469 e. The zero-order chi connectivity index (χ0) is 10.5. The second-order valence-corrected chi connectivity index (χ2v) is 4.26. The van der Waals surface area contributed by atoms with Crippen molar-refractivity contribution >= 4 is 0 Å². The van der Waals surface area contributed by atoms with Crippen LogP contribution < -0.4 is 10.6 Å². The second-order valence-electron chi connectivity index (χ2n) is 4.26. The first-order chi connectivity index (χ1) is 7.36. The minimum absolute atomic E-state index is 0.834. The molecule has 1 aromatic heterocycles. The van der Waals surface area contributed by atoms with Crippen molar-refractivity contribution in [3.05, 3.63) is 23.7 Å². The molecule has 0 spiro atoms. The van der Waals surface area contributed by atoms with E-state index in [-0.39, 0.29) is 0 Å². The van der Waals surface area contributed by atoms with E-state index in [1.807, 2.05) is 13.0 Å². The van der Waals surface area contributed by atoms with Gasteiger partial charge >= 0.3 is 0 Å². The summed E-state index contributed by atoms with van der Waals surface area (Å²) in [5.74, 6) is 1.03. The summed E-state index contributed by atoms with van der Waals surface area (Å²) in [7, 11) is 0. The Balaban J connectivity index is 1.49. The summed E-state index contributed by atoms with van der Waals surface area (Å²) in [6.07, 6.45) is 5.71. The Bertz CT molecular complexity index is 292. The third-order valence-electron chi connectivity index (χ3n) is 2.82. The van der Waals surface area contributed by atoms with E-state index in [1.54, 1.807) is 6.26 Å². The number of rotatable bonds is 7. The van der Waals surface area contributed by atoms with Gasteiger partial charge in [-0.25, -0.2) is 0 Å². The van der Waals surface area contributed by atoms with Crippen molar-refractivity contribution in [2.45, 2.75) is 38.8 Å². The van der Waals surface area contributed by atoms with Gasteiger partial charge in [0.25, 0.3) is 0 Å². The molecular formula is C12H20N2O. The van der Waals surface area contributed by atoms with E-state index in [4.69, 9.17) is 4.42 Å². The van der Waals surface area contributed by atoms with Crippen LogP contribution in [0.15, 0.2) is 16.7 Å². The van der Waals surface area contributed by atoms with Gasteiger partial charge in [-0.05, 0) is 45.3 Å². The molecule has 2 N–H and O–H groups in total. The van der Waals surface area contributed by atoms with Gasteiger partial charge in [0, 0.05) is 18.2 Å². The number of hydrogen-bond donors (Lipinski definition) is 2. The SMILES string of the molecule is Cc1occc1CNCCCNC1CC1. The zero-order valence-electron chi connectivity index (χ0n) is 9.38. The molecule has 0 aliphatic heterocycles. The van der Waals surface area contributed by atoms with Crippen molar-refractivity contribution in [1.82, 2.24) is 10.6 Å². The van der Waals surface area contributed by atoms with Crippen LogP contribution in [0.3, 0.4) is 0 Å². The monoisotopic (exact) mass is 208 g/mol. The summed E-state index contributed by atoms with van der Waals surface area (Å²) in [5, 5.41) is 6.93. The van der Waals surface area contributed by atoms with E-state index in [9.17, 15) is 0 Å². The van der Waals surface area contributed by atoms with Crippen molar-refractivity contribution in [2.24, 2.45) is 0 Å². The Morgan fingerprint density at radius 3 is 2.93 bits per heavy atom. The Morgan fingerprint density at radius 2 is 2.27 bits per heavy atom. The molecule has 15 heavy (non-hydrogen) atoms. The maximum absolute atomic E-state index is 5.23. The molecule has 1 aromatic rings. The van der Waals surface area contributed by atoms with Crippen molar-refractivity contribution in [2.75, 3.05) is 13.1 Å². The molecule has 84 valence electrons. The van der Waals surface area contributed by atoms with Crippen molar-refractivity contribution in [3.63, 3.8) is 0 Å². The van der Waals surface area contributed by atoms with Crippen LogP contribution in [0.25, 0.3) is 0 Å². The van der Waals surface area contributed by atoms with Crippen LogP contribution >= 0.6 is 0 Å². The molecule has 0 amide bonds. The Morgan fingerprint density at radius 1 is 1.40 bits per heavy atom. The maximum Gasteiger partial charge on any atom is 0.105 e. The molecule has 0 saturated heterocycles. The van der Waals surface area contributed by atoms with E-state index in [0.29, 0.717) is 0 Å². The molecule has 3 nitrogen and oxygen atoms in total. The number of aryl methyl sites for hydroxylation is 1. The molecule has 3 heteroatoms. The molecule has 0 bridgehead atoms. The molecule has 1 heterocycles. The van der Waals surface area contributed by atoms with E-state index in [1.165, 1.54) is 24.8 Å². The summed E-state index contributed by atoms with van der Waals surface area (Å²) in [6, 6.07) is 2.87. The molecule has 2 rings (SSSR count). The molecule has 1 aliphatic carbocycles. The average molecular weight is 208 g/mol. The van der Waals surface area contributed by atoms with E-state index in [0.717, 1.165) is 31.4 Å². The predicted octanol–water partition coefficient (Wildman–Crippen LogP) is 1.82. The van der Waals surface area contributed by atoms with Gasteiger partial charge in [-0.3, -0.25) is 0 Å². The lowest BCUT2D eigenvalue weighted by Crippen LogP contribution is -2.23. The fraction of sp³-hybridized carbons (Fsp3) is 0.667.